The van der Waals surface area contributed by atoms with Crippen LogP contribution in [0.15, 0.2) is 24.3 Å². The largest absolute Gasteiger partial charge is 0.493 e. The molecule has 0 heterocycles. The van der Waals surface area contributed by atoms with Gasteiger partial charge in [-0.1, -0.05) is 32.4 Å². The van der Waals surface area contributed by atoms with Crippen molar-refractivity contribution in [1.82, 2.24) is 0 Å². The lowest BCUT2D eigenvalue weighted by molar-refractivity contribution is 0.256. The zero-order valence-electron chi connectivity index (χ0n) is 9.86. The Hall–Kier alpha value is -1.02. The molecule has 0 radical (unpaired) electrons. The van der Waals surface area contributed by atoms with E-state index in [9.17, 15) is 0 Å². The summed E-state index contributed by atoms with van der Waals surface area (Å²) < 4.78 is 5.65. The minimum absolute atomic E-state index is 0.0913. The standard InChI is InChI=1S/C13H21NO/c1-4-10(2)9-15-13-7-5-12(6-8-13)11(3)14/h5-8,10-11H,4,9,14H2,1-3H3/t10?,11-/m0/s1. The van der Waals surface area contributed by atoms with E-state index in [-0.39, 0.29) is 6.04 Å². The molecule has 1 aromatic rings. The van der Waals surface area contributed by atoms with Gasteiger partial charge in [-0.2, -0.15) is 0 Å². The van der Waals surface area contributed by atoms with E-state index in [0.29, 0.717) is 5.92 Å². The summed E-state index contributed by atoms with van der Waals surface area (Å²) in [5.41, 5.74) is 6.91. The molecule has 0 saturated carbocycles. The number of rotatable bonds is 5. The highest BCUT2D eigenvalue weighted by Crippen LogP contribution is 2.16. The van der Waals surface area contributed by atoms with Crippen LogP contribution in [-0.4, -0.2) is 6.61 Å². The molecule has 0 aliphatic heterocycles. The molecule has 1 rings (SSSR count). The van der Waals surface area contributed by atoms with Gasteiger partial charge in [-0.3, -0.25) is 0 Å². The molecule has 0 aliphatic rings. The van der Waals surface area contributed by atoms with E-state index in [4.69, 9.17) is 10.5 Å². The molecule has 2 nitrogen and oxygen atoms in total. The summed E-state index contributed by atoms with van der Waals surface area (Å²) in [5, 5.41) is 0. The van der Waals surface area contributed by atoms with E-state index < -0.39 is 0 Å². The number of hydrogen-bond donors (Lipinski definition) is 1. The van der Waals surface area contributed by atoms with Crippen molar-refractivity contribution in [3.05, 3.63) is 29.8 Å². The van der Waals surface area contributed by atoms with Crippen LogP contribution >= 0.6 is 0 Å². The molecule has 0 fully saturated rings. The van der Waals surface area contributed by atoms with E-state index in [2.05, 4.69) is 13.8 Å². The van der Waals surface area contributed by atoms with Gasteiger partial charge in [0.05, 0.1) is 6.61 Å². The predicted octanol–water partition coefficient (Wildman–Crippen LogP) is 3.13. The maximum Gasteiger partial charge on any atom is 0.119 e. The first-order valence-corrected chi connectivity index (χ1v) is 5.61. The van der Waals surface area contributed by atoms with Gasteiger partial charge in [-0.15, -0.1) is 0 Å². The number of hydrogen-bond acceptors (Lipinski definition) is 2. The van der Waals surface area contributed by atoms with Crippen LogP contribution in [0.2, 0.25) is 0 Å². The van der Waals surface area contributed by atoms with Crippen LogP contribution in [0.3, 0.4) is 0 Å². The molecule has 0 saturated heterocycles. The number of ether oxygens (including phenoxy) is 1. The summed E-state index contributed by atoms with van der Waals surface area (Å²) in [5.74, 6) is 1.54. The Morgan fingerprint density at radius 1 is 1.20 bits per heavy atom. The Balaban J connectivity index is 2.50. The van der Waals surface area contributed by atoms with Crippen molar-refractivity contribution in [2.24, 2.45) is 11.7 Å². The van der Waals surface area contributed by atoms with Crippen LogP contribution in [0.1, 0.15) is 38.8 Å². The summed E-state index contributed by atoms with van der Waals surface area (Å²) in [6.07, 6.45) is 1.15. The molecule has 15 heavy (non-hydrogen) atoms. The van der Waals surface area contributed by atoms with Gasteiger partial charge < -0.3 is 10.5 Å². The second kappa shape index (κ2) is 5.76. The van der Waals surface area contributed by atoms with Gasteiger partial charge in [-0.05, 0) is 30.5 Å². The third kappa shape index (κ3) is 3.92. The molecule has 84 valence electrons. The van der Waals surface area contributed by atoms with E-state index in [1.807, 2.05) is 31.2 Å². The van der Waals surface area contributed by atoms with Crippen molar-refractivity contribution in [3.63, 3.8) is 0 Å². The first kappa shape index (κ1) is 12.1. The van der Waals surface area contributed by atoms with E-state index in [1.165, 1.54) is 0 Å². The summed E-state index contributed by atoms with van der Waals surface area (Å²) in [7, 11) is 0. The first-order chi connectivity index (χ1) is 7.13. The van der Waals surface area contributed by atoms with Crippen molar-refractivity contribution >= 4 is 0 Å². The summed E-state index contributed by atoms with van der Waals surface area (Å²) in [4.78, 5) is 0. The van der Waals surface area contributed by atoms with Crippen LogP contribution in [0.4, 0.5) is 0 Å². The Morgan fingerprint density at radius 3 is 2.27 bits per heavy atom. The SMILES string of the molecule is CCC(C)COc1ccc([C@H](C)N)cc1. The fourth-order valence-electron chi connectivity index (χ4n) is 1.22. The van der Waals surface area contributed by atoms with Gasteiger partial charge in [0.25, 0.3) is 0 Å². The zero-order valence-corrected chi connectivity index (χ0v) is 9.86. The first-order valence-electron chi connectivity index (χ1n) is 5.61. The highest BCUT2D eigenvalue weighted by Gasteiger charge is 2.02. The van der Waals surface area contributed by atoms with Crippen LogP contribution in [-0.2, 0) is 0 Å². The number of nitrogens with two attached hydrogens (primary N) is 1. The molecule has 2 N–H and O–H groups in total. The summed E-state index contributed by atoms with van der Waals surface area (Å²) in [6.45, 7) is 7.13. The molecule has 0 bridgehead atoms. The van der Waals surface area contributed by atoms with E-state index >= 15 is 0 Å². The topological polar surface area (TPSA) is 35.2 Å². The fraction of sp³-hybridized carbons (Fsp3) is 0.538. The molecule has 0 aromatic heterocycles. The molecule has 2 heteroatoms. The van der Waals surface area contributed by atoms with E-state index in [1.54, 1.807) is 0 Å². The lowest BCUT2D eigenvalue weighted by Crippen LogP contribution is -2.08. The van der Waals surface area contributed by atoms with Gasteiger partial charge in [-0.25, -0.2) is 0 Å². The summed E-state index contributed by atoms with van der Waals surface area (Å²) >= 11 is 0. The quantitative estimate of drug-likeness (QED) is 0.805. The minimum Gasteiger partial charge on any atom is -0.493 e. The third-order valence-electron chi connectivity index (χ3n) is 2.64. The van der Waals surface area contributed by atoms with Crippen molar-refractivity contribution in [2.45, 2.75) is 33.2 Å². The molecule has 2 atom stereocenters. The zero-order chi connectivity index (χ0) is 11.3. The Bertz CT molecular complexity index is 279. The van der Waals surface area contributed by atoms with Gasteiger partial charge in [0.1, 0.15) is 5.75 Å². The normalized spacial score (nSPS) is 14.7. The minimum atomic E-state index is 0.0913. The maximum atomic E-state index is 5.77. The lowest BCUT2D eigenvalue weighted by atomic mass is 10.1. The van der Waals surface area contributed by atoms with Crippen molar-refractivity contribution in [1.29, 1.82) is 0 Å². The smallest absolute Gasteiger partial charge is 0.119 e. The van der Waals surface area contributed by atoms with Crippen LogP contribution in [0, 0.1) is 5.92 Å². The monoisotopic (exact) mass is 207 g/mol. The molecule has 1 unspecified atom stereocenters. The van der Waals surface area contributed by atoms with Gasteiger partial charge in [0, 0.05) is 6.04 Å². The van der Waals surface area contributed by atoms with Gasteiger partial charge in [0.2, 0.25) is 0 Å². The third-order valence-corrected chi connectivity index (χ3v) is 2.64. The molecular weight excluding hydrogens is 186 g/mol. The van der Waals surface area contributed by atoms with Crippen molar-refractivity contribution in [2.75, 3.05) is 6.61 Å². The second-order valence-electron chi connectivity index (χ2n) is 4.18. The van der Waals surface area contributed by atoms with Crippen LogP contribution < -0.4 is 10.5 Å². The fourth-order valence-corrected chi connectivity index (χ4v) is 1.22. The highest BCUT2D eigenvalue weighted by atomic mass is 16.5. The summed E-state index contributed by atoms with van der Waals surface area (Å²) in [6, 6.07) is 8.11. The highest BCUT2D eigenvalue weighted by molar-refractivity contribution is 5.28. The Morgan fingerprint density at radius 2 is 1.80 bits per heavy atom. The lowest BCUT2D eigenvalue weighted by Gasteiger charge is -2.12. The Kier molecular flexibility index (Phi) is 4.63. The maximum absolute atomic E-state index is 5.77. The van der Waals surface area contributed by atoms with E-state index in [0.717, 1.165) is 24.3 Å². The molecule has 0 aliphatic carbocycles. The van der Waals surface area contributed by atoms with Crippen molar-refractivity contribution < 1.29 is 4.74 Å². The van der Waals surface area contributed by atoms with Gasteiger partial charge >= 0.3 is 0 Å². The number of benzene rings is 1. The average Bonchev–Trinajstić information content (AvgIpc) is 2.26. The Labute approximate surface area is 92.4 Å². The molecule has 1 aromatic carbocycles. The molecule has 0 spiro atoms. The second-order valence-corrected chi connectivity index (χ2v) is 4.18. The predicted molar refractivity (Wildman–Crippen MR) is 64.0 cm³/mol. The van der Waals surface area contributed by atoms with Gasteiger partial charge in [0.15, 0.2) is 0 Å². The average molecular weight is 207 g/mol. The molecule has 0 amide bonds. The molecular formula is C13H21NO. The van der Waals surface area contributed by atoms with Crippen LogP contribution in [0.5, 0.6) is 5.75 Å². The van der Waals surface area contributed by atoms with Crippen LogP contribution in [0.25, 0.3) is 0 Å². The van der Waals surface area contributed by atoms with Crippen molar-refractivity contribution in [3.8, 4) is 5.75 Å².